The van der Waals surface area contributed by atoms with Crippen LogP contribution in [0, 0.1) is 11.7 Å². The molecule has 0 aromatic heterocycles. The Balaban J connectivity index is 1.75. The number of nitrogens with two attached hydrogens (primary N) is 1. The van der Waals surface area contributed by atoms with Crippen LogP contribution in [0.15, 0.2) is 24.3 Å². The summed E-state index contributed by atoms with van der Waals surface area (Å²) < 4.78 is 12.8. The number of primary amides is 1. The first-order valence-electron chi connectivity index (χ1n) is 7.02. The number of nitrogens with one attached hydrogen (secondary N) is 1. The monoisotopic (exact) mass is 280 g/mol. The number of hydrogen-bond acceptors (Lipinski definition) is 3. The fourth-order valence-electron chi connectivity index (χ4n) is 2.66. The third-order valence-corrected chi connectivity index (χ3v) is 3.98. The molecule has 1 fully saturated rings. The molecule has 0 saturated heterocycles. The molecule has 2 rings (SSSR count). The van der Waals surface area contributed by atoms with E-state index in [0.29, 0.717) is 18.2 Å². The molecule has 0 heterocycles. The molecular formula is C15H21FN2O2. The van der Waals surface area contributed by atoms with Gasteiger partial charge in [-0.1, -0.05) is 12.1 Å². The minimum Gasteiger partial charge on any atom is -0.387 e. The van der Waals surface area contributed by atoms with Gasteiger partial charge in [-0.25, -0.2) is 4.39 Å². The highest BCUT2D eigenvalue weighted by Crippen LogP contribution is 2.24. The van der Waals surface area contributed by atoms with Gasteiger partial charge in [-0.15, -0.1) is 0 Å². The summed E-state index contributed by atoms with van der Waals surface area (Å²) >= 11 is 0. The number of hydrogen-bond donors (Lipinski definition) is 3. The van der Waals surface area contributed by atoms with Crippen LogP contribution >= 0.6 is 0 Å². The average molecular weight is 280 g/mol. The van der Waals surface area contributed by atoms with E-state index in [9.17, 15) is 14.3 Å². The minimum atomic E-state index is -0.649. The zero-order chi connectivity index (χ0) is 14.5. The summed E-state index contributed by atoms with van der Waals surface area (Å²) in [7, 11) is 0. The smallest absolute Gasteiger partial charge is 0.220 e. The first-order valence-corrected chi connectivity index (χ1v) is 7.02. The fraction of sp³-hybridized carbons (Fsp3) is 0.533. The highest BCUT2D eigenvalue weighted by Gasteiger charge is 2.24. The van der Waals surface area contributed by atoms with Crippen molar-refractivity contribution in [2.24, 2.45) is 11.7 Å². The molecule has 1 amide bonds. The van der Waals surface area contributed by atoms with Crippen molar-refractivity contribution in [1.29, 1.82) is 0 Å². The summed E-state index contributed by atoms with van der Waals surface area (Å²) in [5.41, 5.74) is 5.99. The van der Waals surface area contributed by atoms with E-state index in [1.165, 1.54) is 12.1 Å². The van der Waals surface area contributed by atoms with Crippen LogP contribution in [0.4, 0.5) is 4.39 Å². The van der Waals surface area contributed by atoms with Gasteiger partial charge in [0.15, 0.2) is 0 Å². The third kappa shape index (κ3) is 4.02. The molecule has 1 saturated carbocycles. The molecule has 1 unspecified atom stereocenters. The number of amides is 1. The van der Waals surface area contributed by atoms with Gasteiger partial charge in [0, 0.05) is 18.5 Å². The summed E-state index contributed by atoms with van der Waals surface area (Å²) in [4.78, 5) is 11.1. The lowest BCUT2D eigenvalue weighted by molar-refractivity contribution is -0.122. The predicted molar refractivity (Wildman–Crippen MR) is 74.3 cm³/mol. The lowest BCUT2D eigenvalue weighted by Crippen LogP contribution is -2.38. The summed E-state index contributed by atoms with van der Waals surface area (Å²) in [6.45, 7) is 0.428. The standard InChI is InChI=1S/C15H21FN2O2/c16-12-5-1-10(2-6-12)14(19)9-18-13-7-3-11(4-8-13)15(17)20/h1-2,5-6,11,13-14,18-19H,3-4,7-9H2,(H2,17,20). The molecular weight excluding hydrogens is 259 g/mol. The molecule has 0 bridgehead atoms. The summed E-state index contributed by atoms with van der Waals surface area (Å²) in [5.74, 6) is -0.524. The fourth-order valence-corrected chi connectivity index (χ4v) is 2.66. The molecule has 1 aromatic carbocycles. The van der Waals surface area contributed by atoms with Crippen molar-refractivity contribution in [2.45, 2.75) is 37.8 Å². The number of aliphatic hydroxyl groups is 1. The zero-order valence-corrected chi connectivity index (χ0v) is 11.4. The average Bonchev–Trinajstić information content (AvgIpc) is 2.46. The van der Waals surface area contributed by atoms with E-state index in [4.69, 9.17) is 5.73 Å². The van der Waals surface area contributed by atoms with Gasteiger partial charge in [0.25, 0.3) is 0 Å². The van der Waals surface area contributed by atoms with Crippen molar-refractivity contribution >= 4 is 5.91 Å². The number of rotatable bonds is 5. The number of aliphatic hydroxyl groups excluding tert-OH is 1. The van der Waals surface area contributed by atoms with Gasteiger partial charge < -0.3 is 16.2 Å². The Hall–Kier alpha value is -1.46. The van der Waals surface area contributed by atoms with Crippen LogP contribution in [0.25, 0.3) is 0 Å². The van der Waals surface area contributed by atoms with Gasteiger partial charge in [-0.05, 0) is 43.4 Å². The van der Waals surface area contributed by atoms with Gasteiger partial charge in [0.05, 0.1) is 6.10 Å². The number of carbonyl (C=O) groups is 1. The van der Waals surface area contributed by atoms with Crippen LogP contribution in [-0.2, 0) is 4.79 Å². The number of halogens is 1. The highest BCUT2D eigenvalue weighted by molar-refractivity contribution is 5.76. The molecule has 4 N–H and O–H groups in total. The first-order chi connectivity index (χ1) is 9.56. The second kappa shape index (κ2) is 6.81. The SMILES string of the molecule is NC(=O)C1CCC(NCC(O)c2ccc(F)cc2)CC1. The topological polar surface area (TPSA) is 75.4 Å². The molecule has 0 aliphatic heterocycles. The van der Waals surface area contributed by atoms with Gasteiger partial charge in [0.1, 0.15) is 5.82 Å². The normalized spacial score (nSPS) is 24.3. The predicted octanol–water partition coefficient (Wildman–Crippen LogP) is 1.49. The zero-order valence-electron chi connectivity index (χ0n) is 11.4. The molecule has 110 valence electrons. The molecule has 1 aliphatic carbocycles. The number of carbonyl (C=O) groups excluding carboxylic acids is 1. The van der Waals surface area contributed by atoms with Crippen molar-refractivity contribution in [2.75, 3.05) is 6.54 Å². The van der Waals surface area contributed by atoms with E-state index in [1.54, 1.807) is 12.1 Å². The molecule has 1 aliphatic rings. The summed E-state index contributed by atoms with van der Waals surface area (Å²) in [5, 5.41) is 13.3. The minimum absolute atomic E-state index is 0.00456. The van der Waals surface area contributed by atoms with E-state index in [1.807, 2.05) is 0 Å². The highest BCUT2D eigenvalue weighted by atomic mass is 19.1. The molecule has 20 heavy (non-hydrogen) atoms. The van der Waals surface area contributed by atoms with E-state index in [0.717, 1.165) is 25.7 Å². The van der Waals surface area contributed by atoms with Crippen LogP contribution in [0.3, 0.4) is 0 Å². The quantitative estimate of drug-likeness (QED) is 0.765. The maximum absolute atomic E-state index is 12.8. The Kier molecular flexibility index (Phi) is 5.09. The maximum Gasteiger partial charge on any atom is 0.220 e. The van der Waals surface area contributed by atoms with Crippen molar-refractivity contribution in [3.63, 3.8) is 0 Å². The Morgan fingerprint density at radius 1 is 1.30 bits per heavy atom. The molecule has 0 spiro atoms. The van der Waals surface area contributed by atoms with Crippen molar-refractivity contribution in [3.05, 3.63) is 35.6 Å². The Morgan fingerprint density at radius 3 is 2.45 bits per heavy atom. The first kappa shape index (κ1) is 14.9. The van der Waals surface area contributed by atoms with Gasteiger partial charge >= 0.3 is 0 Å². The van der Waals surface area contributed by atoms with Gasteiger partial charge in [0.2, 0.25) is 5.91 Å². The van der Waals surface area contributed by atoms with Crippen LogP contribution in [0.1, 0.15) is 37.4 Å². The lowest BCUT2D eigenvalue weighted by atomic mass is 9.85. The molecule has 0 radical (unpaired) electrons. The van der Waals surface area contributed by atoms with Crippen LogP contribution < -0.4 is 11.1 Å². The van der Waals surface area contributed by atoms with Crippen LogP contribution in [0.5, 0.6) is 0 Å². The van der Waals surface area contributed by atoms with Gasteiger partial charge in [-0.3, -0.25) is 4.79 Å². The lowest BCUT2D eigenvalue weighted by Gasteiger charge is -2.28. The Bertz CT molecular complexity index is 442. The second-order valence-corrected chi connectivity index (χ2v) is 5.43. The van der Waals surface area contributed by atoms with Crippen molar-refractivity contribution < 1.29 is 14.3 Å². The molecule has 1 aromatic rings. The summed E-state index contributed by atoms with van der Waals surface area (Å²) in [6.07, 6.45) is 2.75. The van der Waals surface area contributed by atoms with E-state index in [-0.39, 0.29) is 17.6 Å². The van der Waals surface area contributed by atoms with E-state index >= 15 is 0 Å². The summed E-state index contributed by atoms with van der Waals surface area (Å²) in [6, 6.07) is 6.17. The largest absolute Gasteiger partial charge is 0.387 e. The molecule has 4 nitrogen and oxygen atoms in total. The van der Waals surface area contributed by atoms with Crippen LogP contribution in [0.2, 0.25) is 0 Å². The van der Waals surface area contributed by atoms with Crippen molar-refractivity contribution in [1.82, 2.24) is 5.32 Å². The second-order valence-electron chi connectivity index (χ2n) is 5.43. The van der Waals surface area contributed by atoms with E-state index < -0.39 is 6.10 Å². The Morgan fingerprint density at radius 2 is 1.90 bits per heavy atom. The maximum atomic E-state index is 12.8. The number of benzene rings is 1. The van der Waals surface area contributed by atoms with Crippen molar-refractivity contribution in [3.8, 4) is 0 Å². The van der Waals surface area contributed by atoms with Gasteiger partial charge in [-0.2, -0.15) is 0 Å². The molecule has 1 atom stereocenters. The molecule has 5 heteroatoms. The third-order valence-electron chi connectivity index (χ3n) is 3.98. The van der Waals surface area contributed by atoms with E-state index in [2.05, 4.69) is 5.32 Å². The van der Waals surface area contributed by atoms with Crippen LogP contribution in [-0.4, -0.2) is 23.6 Å². The Labute approximate surface area is 118 Å².